The first-order valence-electron chi connectivity index (χ1n) is 10.8. The number of alkyl halides is 3. The molecule has 0 bridgehead atoms. The summed E-state index contributed by atoms with van der Waals surface area (Å²) in [6.45, 7) is 5.70. The largest absolute Gasteiger partial charge is 0.421 e. The first-order valence-corrected chi connectivity index (χ1v) is 12.7. The van der Waals surface area contributed by atoms with Crippen LogP contribution >= 0.6 is 12.2 Å². The van der Waals surface area contributed by atoms with Crippen LogP contribution in [0.1, 0.15) is 39.2 Å². The van der Waals surface area contributed by atoms with Crippen LogP contribution in [-0.2, 0) is 15.6 Å². The Bertz CT molecular complexity index is 1050. The molecule has 5 nitrogen and oxygen atoms in total. The highest BCUT2D eigenvalue weighted by molar-refractivity contribution is 7.96. The number of rotatable bonds is 6. The van der Waals surface area contributed by atoms with Crippen LogP contribution in [0.15, 0.2) is 47.4 Å². The van der Waals surface area contributed by atoms with Crippen molar-refractivity contribution < 1.29 is 26.7 Å². The van der Waals surface area contributed by atoms with Crippen LogP contribution in [0.25, 0.3) is 0 Å². The molecule has 0 aromatic heterocycles. The third kappa shape index (κ3) is 5.34. The van der Waals surface area contributed by atoms with Gasteiger partial charge >= 0.3 is 6.18 Å². The molecule has 1 heterocycles. The Hall–Kier alpha value is -1.75. The average Bonchev–Trinajstić information content (AvgIpc) is 2.73. The smallest absolute Gasteiger partial charge is 0.376 e. The van der Waals surface area contributed by atoms with Gasteiger partial charge in [-0.15, -0.1) is 0 Å². The van der Waals surface area contributed by atoms with Crippen LogP contribution < -0.4 is 4.90 Å². The molecular weight excluding hydrogens is 473 g/mol. The molecule has 0 amide bonds. The van der Waals surface area contributed by atoms with Gasteiger partial charge in [-0.05, 0) is 43.0 Å². The van der Waals surface area contributed by atoms with Crippen molar-refractivity contribution in [3.8, 4) is 0 Å². The van der Waals surface area contributed by atoms with E-state index in [0.717, 1.165) is 6.92 Å². The van der Waals surface area contributed by atoms with E-state index in [2.05, 4.69) is 0 Å². The molecule has 1 saturated heterocycles. The quantitative estimate of drug-likeness (QED) is 0.579. The number of piperazine rings is 1. The number of allylic oxidation sites excluding steroid dienone is 4. The van der Waals surface area contributed by atoms with Crippen LogP contribution in [0.2, 0.25) is 0 Å². The summed E-state index contributed by atoms with van der Waals surface area (Å²) < 4.78 is 67.5. The average molecular weight is 503 g/mol. The highest BCUT2D eigenvalue weighted by Gasteiger charge is 2.51. The van der Waals surface area contributed by atoms with Gasteiger partial charge in [0.15, 0.2) is 5.60 Å². The monoisotopic (exact) mass is 502 g/mol. The highest BCUT2D eigenvalue weighted by Crippen LogP contribution is 2.39. The molecule has 1 N–H and O–H groups in total. The maximum absolute atomic E-state index is 13.3. The number of nitrogens with zero attached hydrogens (tertiary/aromatic N) is 2. The molecule has 1 aliphatic carbocycles. The van der Waals surface area contributed by atoms with Gasteiger partial charge in [-0.3, -0.25) is 0 Å². The van der Waals surface area contributed by atoms with Gasteiger partial charge in [-0.2, -0.15) is 17.5 Å². The Labute approximate surface area is 198 Å². The minimum absolute atomic E-state index is 0.157. The predicted octanol–water partition coefficient (Wildman–Crippen LogP) is 4.54. The predicted molar refractivity (Wildman–Crippen MR) is 128 cm³/mol. The lowest BCUT2D eigenvalue weighted by Crippen LogP contribution is -2.55. The zero-order valence-corrected chi connectivity index (χ0v) is 20.5. The Morgan fingerprint density at radius 2 is 1.82 bits per heavy atom. The van der Waals surface area contributed by atoms with Crippen LogP contribution in [0.3, 0.4) is 0 Å². The van der Waals surface area contributed by atoms with Gasteiger partial charge in [0.05, 0.1) is 4.91 Å². The molecule has 0 saturated carbocycles. The van der Waals surface area contributed by atoms with Crippen LogP contribution in [0.5, 0.6) is 0 Å². The highest BCUT2D eigenvalue weighted by atomic mass is 32.2. The van der Waals surface area contributed by atoms with Crippen LogP contribution in [0, 0.1) is 5.92 Å². The summed E-state index contributed by atoms with van der Waals surface area (Å²) in [7, 11) is -3.73. The van der Waals surface area contributed by atoms with E-state index in [1.165, 1.54) is 22.5 Å². The third-order valence-corrected chi connectivity index (χ3v) is 8.55. The molecule has 33 heavy (non-hydrogen) atoms. The van der Waals surface area contributed by atoms with E-state index in [0.29, 0.717) is 29.9 Å². The molecule has 10 heteroatoms. The fourth-order valence-corrected chi connectivity index (χ4v) is 6.24. The number of halogens is 3. The lowest BCUT2D eigenvalue weighted by atomic mass is 9.94. The summed E-state index contributed by atoms with van der Waals surface area (Å²) in [5, 5.41) is 9.93. The number of aliphatic hydroxyl groups is 1. The second-order valence-electron chi connectivity index (χ2n) is 9.04. The lowest BCUT2D eigenvalue weighted by Gasteiger charge is -2.43. The zero-order chi connectivity index (χ0) is 24.6. The van der Waals surface area contributed by atoms with E-state index in [1.54, 1.807) is 18.2 Å². The molecule has 2 aliphatic rings. The van der Waals surface area contributed by atoms with Gasteiger partial charge in [0.2, 0.25) is 10.0 Å². The number of hydrogen-bond donors (Lipinski definition) is 1. The van der Waals surface area contributed by atoms with E-state index >= 15 is 0 Å². The Balaban J connectivity index is 1.85. The third-order valence-electron chi connectivity index (χ3n) is 6.08. The van der Waals surface area contributed by atoms with Gasteiger partial charge in [-0.25, -0.2) is 8.42 Å². The summed E-state index contributed by atoms with van der Waals surface area (Å²) in [5.74, 6) is 0.281. The Kier molecular flexibility index (Phi) is 7.43. The molecule has 182 valence electrons. The molecule has 1 unspecified atom stereocenters. The molecule has 0 radical (unpaired) electrons. The lowest BCUT2D eigenvalue weighted by molar-refractivity contribution is -0.258. The molecule has 1 aliphatic heterocycles. The van der Waals surface area contributed by atoms with Gasteiger partial charge in [-0.1, -0.05) is 50.4 Å². The van der Waals surface area contributed by atoms with E-state index in [1.807, 2.05) is 24.8 Å². The first-order chi connectivity index (χ1) is 15.2. The summed E-state index contributed by atoms with van der Waals surface area (Å²) in [5.41, 5.74) is -2.50. The topological polar surface area (TPSA) is 60.9 Å². The SMILES string of the molecule is CC(C)C[C@@H]1CN(S(=O)(=O)C2=CC=CCC2=S)CCN1c1ccc(C(C)(O)C(F)(F)F)cc1. The van der Waals surface area contributed by atoms with E-state index in [4.69, 9.17) is 12.2 Å². The molecular formula is C23H29F3N2O3S2. The minimum Gasteiger partial charge on any atom is -0.376 e. The summed E-state index contributed by atoms with van der Waals surface area (Å²) in [6, 6.07) is 5.50. The van der Waals surface area contributed by atoms with Crippen molar-refractivity contribution in [2.45, 2.75) is 51.4 Å². The summed E-state index contributed by atoms with van der Waals surface area (Å²) >= 11 is 5.28. The van der Waals surface area contributed by atoms with E-state index in [-0.39, 0.29) is 35.5 Å². The maximum Gasteiger partial charge on any atom is 0.421 e. The van der Waals surface area contributed by atoms with Crippen LogP contribution in [-0.4, -0.2) is 54.5 Å². The fraction of sp³-hybridized carbons (Fsp3) is 0.522. The van der Waals surface area contributed by atoms with Gasteiger partial charge in [0.1, 0.15) is 0 Å². The molecule has 1 aromatic rings. The van der Waals surface area contributed by atoms with Crippen molar-refractivity contribution in [1.29, 1.82) is 0 Å². The van der Waals surface area contributed by atoms with Crippen LogP contribution in [0.4, 0.5) is 18.9 Å². The van der Waals surface area contributed by atoms with Gasteiger partial charge in [0.25, 0.3) is 0 Å². The number of anilines is 1. The molecule has 1 aromatic carbocycles. The van der Waals surface area contributed by atoms with Gasteiger partial charge in [0, 0.05) is 42.6 Å². The Morgan fingerprint density at radius 1 is 1.18 bits per heavy atom. The van der Waals surface area contributed by atoms with E-state index < -0.39 is 21.8 Å². The molecule has 2 atom stereocenters. The maximum atomic E-state index is 13.3. The molecule has 0 spiro atoms. The van der Waals surface area contributed by atoms with Gasteiger partial charge < -0.3 is 10.0 Å². The Morgan fingerprint density at radius 3 is 2.36 bits per heavy atom. The number of hydrogen-bond acceptors (Lipinski definition) is 5. The summed E-state index contributed by atoms with van der Waals surface area (Å²) in [4.78, 5) is 2.59. The fourth-order valence-electron chi connectivity index (χ4n) is 4.16. The second kappa shape index (κ2) is 9.48. The van der Waals surface area contributed by atoms with E-state index in [9.17, 15) is 26.7 Å². The standard InChI is InChI=1S/C23H29F3N2O3S2/c1-16(2)14-19-15-27(33(30,31)21-7-5-4-6-20(21)32)12-13-28(19)18-10-8-17(9-11-18)22(3,29)23(24,25)26/h4-5,7-11,16,19,29H,6,12-15H2,1-3H3/t19-,22?/m1/s1. The first kappa shape index (κ1) is 25.9. The second-order valence-corrected chi connectivity index (χ2v) is 11.4. The minimum atomic E-state index is -4.79. The van der Waals surface area contributed by atoms with Crippen molar-refractivity contribution in [1.82, 2.24) is 4.31 Å². The van der Waals surface area contributed by atoms with Crippen molar-refractivity contribution in [2.75, 3.05) is 24.5 Å². The summed E-state index contributed by atoms with van der Waals surface area (Å²) in [6.07, 6.45) is 1.39. The molecule has 3 rings (SSSR count). The normalized spacial score (nSPS) is 22.4. The number of benzene rings is 1. The van der Waals surface area contributed by atoms with Crippen molar-refractivity contribution >= 4 is 32.8 Å². The van der Waals surface area contributed by atoms with Crippen molar-refractivity contribution in [3.63, 3.8) is 0 Å². The number of sulfonamides is 1. The number of thiocarbonyl (C=S) groups is 1. The zero-order valence-electron chi connectivity index (χ0n) is 18.8. The van der Waals surface area contributed by atoms with Crippen molar-refractivity contribution in [3.05, 3.63) is 53.0 Å². The molecule has 1 fully saturated rings. The van der Waals surface area contributed by atoms with Crippen molar-refractivity contribution in [2.24, 2.45) is 5.92 Å².